The van der Waals surface area contributed by atoms with Gasteiger partial charge in [0, 0.05) is 19.0 Å². The first kappa shape index (κ1) is 9.19. The minimum Gasteiger partial charge on any atom is -0.250 e. The SMILES string of the molecule is CN(C)NC(c1cccs1)C1CC1. The zero-order chi connectivity index (χ0) is 9.26. The van der Waals surface area contributed by atoms with E-state index in [1.807, 2.05) is 11.3 Å². The van der Waals surface area contributed by atoms with Gasteiger partial charge in [-0.15, -0.1) is 11.3 Å². The van der Waals surface area contributed by atoms with E-state index in [9.17, 15) is 0 Å². The van der Waals surface area contributed by atoms with Gasteiger partial charge in [0.15, 0.2) is 0 Å². The Kier molecular flexibility index (Phi) is 2.67. The van der Waals surface area contributed by atoms with E-state index in [1.165, 1.54) is 17.7 Å². The Bertz CT molecular complexity index is 252. The van der Waals surface area contributed by atoms with Gasteiger partial charge in [0.1, 0.15) is 0 Å². The maximum atomic E-state index is 3.49. The summed E-state index contributed by atoms with van der Waals surface area (Å²) >= 11 is 1.85. The van der Waals surface area contributed by atoms with Crippen molar-refractivity contribution < 1.29 is 0 Å². The second-order valence-corrected chi connectivity index (χ2v) is 4.83. The summed E-state index contributed by atoms with van der Waals surface area (Å²) in [7, 11) is 4.12. The lowest BCUT2D eigenvalue weighted by molar-refractivity contribution is 0.230. The second kappa shape index (κ2) is 3.78. The van der Waals surface area contributed by atoms with Crippen LogP contribution in [0.25, 0.3) is 0 Å². The number of thiophene rings is 1. The van der Waals surface area contributed by atoms with Gasteiger partial charge >= 0.3 is 0 Å². The Balaban J connectivity index is 2.05. The normalized spacial score (nSPS) is 19.3. The molecule has 1 aliphatic carbocycles. The van der Waals surface area contributed by atoms with E-state index in [1.54, 1.807) is 0 Å². The standard InChI is InChI=1S/C10H16N2S/c1-12(2)11-10(8-5-6-8)9-4-3-7-13-9/h3-4,7-8,10-11H,5-6H2,1-2H3. The van der Waals surface area contributed by atoms with Gasteiger partial charge < -0.3 is 0 Å². The molecule has 3 heteroatoms. The van der Waals surface area contributed by atoms with Gasteiger partial charge in [-0.3, -0.25) is 0 Å². The van der Waals surface area contributed by atoms with Crippen molar-refractivity contribution in [2.75, 3.05) is 14.1 Å². The molecule has 72 valence electrons. The third kappa shape index (κ3) is 2.30. The highest BCUT2D eigenvalue weighted by Gasteiger charge is 2.32. The number of hydrogen-bond acceptors (Lipinski definition) is 3. The Morgan fingerprint density at radius 2 is 2.31 bits per heavy atom. The lowest BCUT2D eigenvalue weighted by Gasteiger charge is -2.21. The molecule has 0 saturated heterocycles. The molecule has 1 aromatic rings. The van der Waals surface area contributed by atoms with Crippen molar-refractivity contribution in [3.05, 3.63) is 22.4 Å². The molecule has 13 heavy (non-hydrogen) atoms. The highest BCUT2D eigenvalue weighted by Crippen LogP contribution is 2.42. The summed E-state index contributed by atoms with van der Waals surface area (Å²) in [5.41, 5.74) is 3.49. The van der Waals surface area contributed by atoms with E-state index < -0.39 is 0 Å². The van der Waals surface area contributed by atoms with Gasteiger partial charge in [-0.1, -0.05) is 6.07 Å². The molecule has 0 radical (unpaired) electrons. The molecule has 0 aromatic carbocycles. The van der Waals surface area contributed by atoms with Gasteiger partial charge in [-0.2, -0.15) is 0 Å². The molecule has 1 aliphatic rings. The average molecular weight is 196 g/mol. The third-order valence-corrected chi connectivity index (χ3v) is 3.30. The summed E-state index contributed by atoms with van der Waals surface area (Å²) in [6.07, 6.45) is 2.76. The third-order valence-electron chi connectivity index (χ3n) is 2.34. The molecule has 0 spiro atoms. The van der Waals surface area contributed by atoms with Crippen LogP contribution in [0.2, 0.25) is 0 Å². The predicted octanol–water partition coefficient (Wildman–Crippen LogP) is 2.27. The van der Waals surface area contributed by atoms with E-state index in [4.69, 9.17) is 0 Å². The van der Waals surface area contributed by atoms with Crippen molar-refractivity contribution in [1.29, 1.82) is 0 Å². The molecule has 0 bridgehead atoms. The monoisotopic (exact) mass is 196 g/mol. The zero-order valence-electron chi connectivity index (χ0n) is 8.16. The maximum Gasteiger partial charge on any atom is 0.0585 e. The van der Waals surface area contributed by atoms with Crippen LogP contribution in [0.15, 0.2) is 17.5 Å². The Morgan fingerprint density at radius 3 is 2.77 bits per heavy atom. The number of hydrazine groups is 1. The van der Waals surface area contributed by atoms with Crippen LogP contribution >= 0.6 is 11.3 Å². The van der Waals surface area contributed by atoms with Crippen LogP contribution in [0, 0.1) is 5.92 Å². The maximum absolute atomic E-state index is 3.49. The van der Waals surface area contributed by atoms with Crippen molar-refractivity contribution in [3.63, 3.8) is 0 Å². The molecule has 0 aliphatic heterocycles. The Morgan fingerprint density at radius 1 is 1.54 bits per heavy atom. The summed E-state index contributed by atoms with van der Waals surface area (Å²) in [5, 5.41) is 4.21. The van der Waals surface area contributed by atoms with Crippen molar-refractivity contribution in [2.45, 2.75) is 18.9 Å². The minimum absolute atomic E-state index is 0.551. The fourth-order valence-electron chi connectivity index (χ4n) is 1.58. The molecule has 1 aromatic heterocycles. The molecule has 1 saturated carbocycles. The van der Waals surface area contributed by atoms with E-state index in [2.05, 4.69) is 42.0 Å². The minimum atomic E-state index is 0.551. The number of nitrogens with zero attached hydrogens (tertiary/aromatic N) is 1. The van der Waals surface area contributed by atoms with E-state index in [-0.39, 0.29) is 0 Å². The van der Waals surface area contributed by atoms with Crippen molar-refractivity contribution in [1.82, 2.24) is 10.4 Å². The molecule has 1 unspecified atom stereocenters. The van der Waals surface area contributed by atoms with Gasteiger partial charge in [-0.25, -0.2) is 10.4 Å². The Hall–Kier alpha value is -0.380. The fourth-order valence-corrected chi connectivity index (χ4v) is 2.44. The topological polar surface area (TPSA) is 15.3 Å². The van der Waals surface area contributed by atoms with Crippen molar-refractivity contribution in [3.8, 4) is 0 Å². The highest BCUT2D eigenvalue weighted by atomic mass is 32.1. The van der Waals surface area contributed by atoms with E-state index in [0.29, 0.717) is 6.04 Å². The summed E-state index contributed by atoms with van der Waals surface area (Å²) in [6.45, 7) is 0. The Labute approximate surface area is 83.5 Å². The molecule has 0 amide bonds. The molecule has 1 N–H and O–H groups in total. The molecular formula is C10H16N2S. The first-order valence-corrected chi connectivity index (χ1v) is 5.62. The van der Waals surface area contributed by atoms with E-state index >= 15 is 0 Å². The van der Waals surface area contributed by atoms with Gasteiger partial charge in [0.25, 0.3) is 0 Å². The van der Waals surface area contributed by atoms with Crippen molar-refractivity contribution >= 4 is 11.3 Å². The number of hydrogen-bond donors (Lipinski definition) is 1. The van der Waals surface area contributed by atoms with Crippen LogP contribution in [-0.4, -0.2) is 19.1 Å². The first-order chi connectivity index (χ1) is 6.27. The summed E-state index contributed by atoms with van der Waals surface area (Å²) in [5.74, 6) is 0.862. The van der Waals surface area contributed by atoms with E-state index in [0.717, 1.165) is 5.92 Å². The van der Waals surface area contributed by atoms with Crippen LogP contribution < -0.4 is 5.43 Å². The van der Waals surface area contributed by atoms with Crippen LogP contribution in [0.3, 0.4) is 0 Å². The summed E-state index contributed by atoms with van der Waals surface area (Å²) < 4.78 is 0. The highest BCUT2D eigenvalue weighted by molar-refractivity contribution is 7.10. The number of nitrogens with one attached hydrogen (secondary N) is 1. The van der Waals surface area contributed by atoms with Gasteiger partial charge in [-0.05, 0) is 30.2 Å². The summed E-state index contributed by atoms with van der Waals surface area (Å²) in [6, 6.07) is 4.91. The average Bonchev–Trinajstić information content (AvgIpc) is 2.77. The molecule has 1 heterocycles. The quantitative estimate of drug-likeness (QED) is 0.743. The van der Waals surface area contributed by atoms with Crippen LogP contribution in [0.4, 0.5) is 0 Å². The second-order valence-electron chi connectivity index (χ2n) is 3.85. The molecule has 2 nitrogen and oxygen atoms in total. The van der Waals surface area contributed by atoms with Crippen LogP contribution in [-0.2, 0) is 0 Å². The smallest absolute Gasteiger partial charge is 0.0585 e. The van der Waals surface area contributed by atoms with Crippen LogP contribution in [0.1, 0.15) is 23.8 Å². The fraction of sp³-hybridized carbons (Fsp3) is 0.600. The zero-order valence-corrected chi connectivity index (χ0v) is 8.97. The lowest BCUT2D eigenvalue weighted by Crippen LogP contribution is -2.34. The van der Waals surface area contributed by atoms with Crippen molar-refractivity contribution in [2.24, 2.45) is 5.92 Å². The first-order valence-electron chi connectivity index (χ1n) is 4.74. The van der Waals surface area contributed by atoms with Crippen LogP contribution in [0.5, 0.6) is 0 Å². The number of rotatable bonds is 4. The predicted molar refractivity (Wildman–Crippen MR) is 56.6 cm³/mol. The van der Waals surface area contributed by atoms with Gasteiger partial charge in [0.2, 0.25) is 0 Å². The largest absolute Gasteiger partial charge is 0.250 e. The molecular weight excluding hydrogens is 180 g/mol. The molecule has 2 rings (SSSR count). The molecule has 1 fully saturated rings. The summed E-state index contributed by atoms with van der Waals surface area (Å²) in [4.78, 5) is 1.47. The molecule has 1 atom stereocenters. The lowest BCUT2D eigenvalue weighted by atomic mass is 10.1. The van der Waals surface area contributed by atoms with Gasteiger partial charge in [0.05, 0.1) is 6.04 Å².